The van der Waals surface area contributed by atoms with Crippen LogP contribution < -0.4 is 0 Å². The summed E-state index contributed by atoms with van der Waals surface area (Å²) in [6.07, 6.45) is -1.08. The molecule has 6 nitrogen and oxygen atoms in total. The maximum Gasteiger partial charge on any atom is 0.155 e. The number of rotatable bonds is 14. The maximum absolute atomic E-state index is 11.9. The zero-order chi connectivity index (χ0) is 29.7. The molecular weight excluding hydrogens is 540 g/mol. The summed E-state index contributed by atoms with van der Waals surface area (Å²) in [5.41, 5.74) is 4.01. The zero-order valence-electron chi connectivity index (χ0n) is 24.5. The Morgan fingerprint density at radius 3 is 1.12 bits per heavy atom. The first-order chi connectivity index (χ1) is 21.2. The van der Waals surface area contributed by atoms with E-state index in [1.807, 2.05) is 134 Å². The molecule has 0 amide bonds. The van der Waals surface area contributed by atoms with Crippen LogP contribution >= 0.6 is 0 Å². The molecule has 0 bridgehead atoms. The van der Waals surface area contributed by atoms with Crippen LogP contribution in [-0.2, 0) is 50.1 Å². The van der Waals surface area contributed by atoms with Gasteiger partial charge in [-0.25, -0.2) is 0 Å². The Kier molecular flexibility index (Phi) is 11.5. The Morgan fingerprint density at radius 1 is 0.465 bits per heavy atom. The third-order valence-corrected chi connectivity index (χ3v) is 7.48. The van der Waals surface area contributed by atoms with Gasteiger partial charge < -0.3 is 28.8 Å². The summed E-state index contributed by atoms with van der Waals surface area (Å²) in [5, 5.41) is 11.9. The van der Waals surface area contributed by atoms with Crippen LogP contribution in [0, 0.1) is 0 Å². The number of aliphatic hydroxyl groups excluding tert-OH is 1. The number of hydrogen-bond donors (Lipinski definition) is 1. The molecule has 1 aliphatic rings. The van der Waals surface area contributed by atoms with Crippen LogP contribution in [0.15, 0.2) is 134 Å². The normalized spacial score (nSPS) is 23.8. The van der Waals surface area contributed by atoms with Crippen molar-refractivity contribution in [2.45, 2.75) is 70.0 Å². The van der Waals surface area contributed by atoms with Crippen molar-refractivity contribution in [3.05, 3.63) is 156 Å². The standard InChI is InChI=1S/C37H40O6/c1-2-23-39-35-33(40-24-28-15-7-3-8-16-28)32(38)34(41-25-29-17-9-4-10-18-29)36(42-26-30-19-11-5-12-20-30)37(35)43-27-31-21-13-6-14-22-31/h2-23,32-38H,24-27H2,1H3/b23-2+/t32-,33-,34+,35+,36-,37+/m1/s1. The quantitative estimate of drug-likeness (QED) is 0.169. The predicted molar refractivity (Wildman–Crippen MR) is 166 cm³/mol. The summed E-state index contributed by atoms with van der Waals surface area (Å²) in [4.78, 5) is 0. The van der Waals surface area contributed by atoms with E-state index in [0.29, 0.717) is 26.4 Å². The highest BCUT2D eigenvalue weighted by Gasteiger charge is 2.54. The Morgan fingerprint density at radius 2 is 0.767 bits per heavy atom. The number of hydrogen-bond acceptors (Lipinski definition) is 6. The summed E-state index contributed by atoms with van der Waals surface area (Å²) in [7, 11) is 0. The smallest absolute Gasteiger partial charge is 0.155 e. The molecule has 4 aromatic rings. The molecule has 0 heterocycles. The Bertz CT molecular complexity index is 1350. The topological polar surface area (TPSA) is 66.4 Å². The van der Waals surface area contributed by atoms with Crippen LogP contribution in [0.3, 0.4) is 0 Å². The van der Waals surface area contributed by atoms with Gasteiger partial charge in [-0.15, -0.1) is 0 Å². The molecule has 1 fully saturated rings. The van der Waals surface area contributed by atoms with Gasteiger partial charge in [-0.3, -0.25) is 0 Å². The van der Waals surface area contributed by atoms with Gasteiger partial charge in [0.05, 0.1) is 32.7 Å². The van der Waals surface area contributed by atoms with Gasteiger partial charge in [0, 0.05) is 0 Å². The SMILES string of the molecule is C/C=C/O[C@@H]1[C@H](OCc2ccccc2)[C@H](OCc2ccccc2)[C@@H](OCc2ccccc2)[C@H](O)[C@H]1OCc1ccccc1. The van der Waals surface area contributed by atoms with E-state index < -0.39 is 36.6 Å². The lowest BCUT2D eigenvalue weighted by molar-refractivity contribution is -0.273. The molecule has 0 radical (unpaired) electrons. The molecule has 224 valence electrons. The molecule has 4 aromatic carbocycles. The van der Waals surface area contributed by atoms with Gasteiger partial charge >= 0.3 is 0 Å². The Hall–Kier alpha value is -3.78. The summed E-state index contributed by atoms with van der Waals surface area (Å²) in [5.74, 6) is 0. The second kappa shape index (κ2) is 16.2. The lowest BCUT2D eigenvalue weighted by Crippen LogP contribution is -2.66. The molecular formula is C37H40O6. The van der Waals surface area contributed by atoms with Crippen LogP contribution in [0.1, 0.15) is 29.2 Å². The van der Waals surface area contributed by atoms with Crippen molar-refractivity contribution in [3.8, 4) is 0 Å². The monoisotopic (exact) mass is 580 g/mol. The van der Waals surface area contributed by atoms with Gasteiger partial charge in [0.2, 0.25) is 0 Å². The lowest BCUT2D eigenvalue weighted by atomic mass is 9.83. The molecule has 5 rings (SSSR count). The predicted octanol–water partition coefficient (Wildman–Crippen LogP) is 6.62. The summed E-state index contributed by atoms with van der Waals surface area (Å²) >= 11 is 0. The summed E-state index contributed by atoms with van der Waals surface area (Å²) < 4.78 is 32.4. The van der Waals surface area contributed by atoms with Crippen LogP contribution in [0.5, 0.6) is 0 Å². The summed E-state index contributed by atoms with van der Waals surface area (Å²) in [6, 6.07) is 39.7. The molecule has 1 aliphatic carbocycles. The van der Waals surface area contributed by atoms with Crippen molar-refractivity contribution in [1.29, 1.82) is 0 Å². The number of allylic oxidation sites excluding steroid dienone is 1. The van der Waals surface area contributed by atoms with Crippen LogP contribution in [0.4, 0.5) is 0 Å². The molecule has 0 saturated heterocycles. The lowest BCUT2D eigenvalue weighted by Gasteiger charge is -2.48. The third-order valence-electron chi connectivity index (χ3n) is 7.48. The fourth-order valence-corrected chi connectivity index (χ4v) is 5.29. The number of ether oxygens (including phenoxy) is 5. The van der Waals surface area contributed by atoms with Crippen LogP contribution in [0.2, 0.25) is 0 Å². The molecule has 0 aliphatic heterocycles. The molecule has 43 heavy (non-hydrogen) atoms. The van der Waals surface area contributed by atoms with E-state index in [9.17, 15) is 5.11 Å². The highest BCUT2D eigenvalue weighted by molar-refractivity contribution is 5.17. The van der Waals surface area contributed by atoms with Gasteiger partial charge in [0.15, 0.2) is 6.10 Å². The number of benzene rings is 4. The highest BCUT2D eigenvalue weighted by atomic mass is 16.6. The maximum atomic E-state index is 11.9. The molecule has 0 spiro atoms. The third kappa shape index (κ3) is 8.63. The first-order valence-electron chi connectivity index (χ1n) is 14.8. The van der Waals surface area contributed by atoms with Crippen molar-refractivity contribution >= 4 is 0 Å². The first kappa shape index (κ1) is 30.7. The zero-order valence-corrected chi connectivity index (χ0v) is 24.5. The van der Waals surface area contributed by atoms with Crippen molar-refractivity contribution < 1.29 is 28.8 Å². The van der Waals surface area contributed by atoms with Crippen molar-refractivity contribution in [2.24, 2.45) is 0 Å². The Balaban J connectivity index is 1.47. The van der Waals surface area contributed by atoms with Crippen LogP contribution in [0.25, 0.3) is 0 Å². The van der Waals surface area contributed by atoms with E-state index in [1.54, 1.807) is 6.26 Å². The van der Waals surface area contributed by atoms with Crippen molar-refractivity contribution in [2.75, 3.05) is 0 Å². The number of aliphatic hydroxyl groups is 1. The summed E-state index contributed by atoms with van der Waals surface area (Å²) in [6.45, 7) is 3.13. The van der Waals surface area contributed by atoms with Gasteiger partial charge in [0.1, 0.15) is 30.5 Å². The molecule has 1 N–H and O–H groups in total. The molecule has 6 atom stereocenters. The van der Waals surface area contributed by atoms with E-state index in [1.165, 1.54) is 0 Å². The van der Waals surface area contributed by atoms with Crippen molar-refractivity contribution in [1.82, 2.24) is 0 Å². The fourth-order valence-electron chi connectivity index (χ4n) is 5.29. The van der Waals surface area contributed by atoms with Gasteiger partial charge in [-0.1, -0.05) is 127 Å². The second-order valence-corrected chi connectivity index (χ2v) is 10.6. The van der Waals surface area contributed by atoms with Gasteiger partial charge in [-0.2, -0.15) is 0 Å². The minimum atomic E-state index is -1.06. The van der Waals surface area contributed by atoms with Crippen molar-refractivity contribution in [3.63, 3.8) is 0 Å². The van der Waals surface area contributed by atoms with E-state index in [-0.39, 0.29) is 0 Å². The van der Waals surface area contributed by atoms with E-state index in [2.05, 4.69) is 0 Å². The molecule has 0 aromatic heterocycles. The fraction of sp³-hybridized carbons (Fsp3) is 0.297. The average molecular weight is 581 g/mol. The van der Waals surface area contributed by atoms with Gasteiger partial charge in [-0.05, 0) is 29.2 Å². The minimum absolute atomic E-state index is 0.296. The second-order valence-electron chi connectivity index (χ2n) is 10.6. The Labute approximate surface area is 254 Å². The van der Waals surface area contributed by atoms with E-state index in [4.69, 9.17) is 23.7 Å². The molecule has 0 unspecified atom stereocenters. The van der Waals surface area contributed by atoms with E-state index in [0.717, 1.165) is 22.3 Å². The average Bonchev–Trinajstić information content (AvgIpc) is 3.06. The van der Waals surface area contributed by atoms with E-state index >= 15 is 0 Å². The van der Waals surface area contributed by atoms with Gasteiger partial charge in [0.25, 0.3) is 0 Å². The molecule has 1 saturated carbocycles. The first-order valence-corrected chi connectivity index (χ1v) is 14.8. The van der Waals surface area contributed by atoms with Crippen LogP contribution in [-0.4, -0.2) is 41.7 Å². The largest absolute Gasteiger partial charge is 0.493 e. The molecule has 6 heteroatoms. The minimum Gasteiger partial charge on any atom is -0.493 e. The highest BCUT2D eigenvalue weighted by Crippen LogP contribution is 2.34.